The summed E-state index contributed by atoms with van der Waals surface area (Å²) in [5.41, 5.74) is -0.322. The highest BCUT2D eigenvalue weighted by molar-refractivity contribution is 6.28. The molecule has 4 atom stereocenters. The maximum Gasteiger partial charge on any atom is 0.309 e. The van der Waals surface area contributed by atoms with E-state index in [9.17, 15) is 34.2 Å². The van der Waals surface area contributed by atoms with Crippen LogP contribution >= 0.6 is 0 Å². The van der Waals surface area contributed by atoms with E-state index in [1.54, 1.807) is 13.8 Å². The third kappa shape index (κ3) is 6.33. The van der Waals surface area contributed by atoms with Crippen molar-refractivity contribution in [1.29, 1.82) is 0 Å². The van der Waals surface area contributed by atoms with E-state index in [1.165, 1.54) is 13.0 Å². The first kappa shape index (κ1) is 28.2. The van der Waals surface area contributed by atoms with Gasteiger partial charge < -0.3 is 20.3 Å². The Labute approximate surface area is 216 Å². The van der Waals surface area contributed by atoms with Gasteiger partial charge in [-0.2, -0.15) is 0 Å². The Balaban J connectivity index is 1.98. The fourth-order valence-electron chi connectivity index (χ4n) is 4.73. The van der Waals surface area contributed by atoms with Crippen molar-refractivity contribution in [3.05, 3.63) is 40.1 Å². The van der Waals surface area contributed by atoms with Crippen molar-refractivity contribution in [3.8, 4) is 5.75 Å². The Morgan fingerprint density at radius 3 is 2.38 bits per heavy atom. The summed E-state index contributed by atoms with van der Waals surface area (Å²) in [6.07, 6.45) is 1.58. The number of hydrogen-bond acceptors (Lipinski definition) is 8. The Kier molecular flexibility index (Phi) is 9.02. The van der Waals surface area contributed by atoms with E-state index in [4.69, 9.17) is 4.74 Å². The van der Waals surface area contributed by atoms with Gasteiger partial charge >= 0.3 is 5.97 Å². The minimum absolute atomic E-state index is 0.0366. The summed E-state index contributed by atoms with van der Waals surface area (Å²) >= 11 is 0. The molecule has 9 heteroatoms. The smallest absolute Gasteiger partial charge is 0.309 e. The number of allylic oxidation sites excluding steroid dienone is 2. The molecule has 0 fully saturated rings. The number of esters is 1. The van der Waals surface area contributed by atoms with Crippen LogP contribution in [-0.4, -0.2) is 51.6 Å². The zero-order chi connectivity index (χ0) is 27.4. The van der Waals surface area contributed by atoms with Gasteiger partial charge in [0.25, 0.3) is 0 Å². The van der Waals surface area contributed by atoms with Crippen LogP contribution in [0, 0.1) is 18.8 Å². The summed E-state index contributed by atoms with van der Waals surface area (Å²) in [6.45, 7) is 6.74. The lowest BCUT2D eigenvalue weighted by Gasteiger charge is -2.24. The van der Waals surface area contributed by atoms with Crippen LogP contribution in [0.5, 0.6) is 5.75 Å². The molecule has 1 aromatic carbocycles. The molecular weight excluding hydrogens is 478 g/mol. The van der Waals surface area contributed by atoms with Crippen LogP contribution in [0.3, 0.4) is 0 Å². The first-order valence-corrected chi connectivity index (χ1v) is 12.8. The minimum Gasteiger partial charge on any atom is -0.507 e. The molecule has 1 aromatic rings. The van der Waals surface area contributed by atoms with Crippen molar-refractivity contribution in [3.63, 3.8) is 0 Å². The number of nitrogens with one attached hydrogen (secondary N) is 1. The Morgan fingerprint density at radius 2 is 1.70 bits per heavy atom. The molecule has 4 rings (SSSR count). The van der Waals surface area contributed by atoms with Gasteiger partial charge in [-0.15, -0.1) is 0 Å². The van der Waals surface area contributed by atoms with Crippen molar-refractivity contribution < 1.29 is 38.9 Å². The Bertz CT molecular complexity index is 1150. The molecule has 0 saturated heterocycles. The molecule has 0 aromatic heterocycles. The third-order valence-corrected chi connectivity index (χ3v) is 7.33. The number of aromatic hydroxyl groups is 1. The number of benzene rings is 1. The molecule has 0 spiro atoms. The summed E-state index contributed by atoms with van der Waals surface area (Å²) in [5, 5.41) is 23.7. The monoisotopic (exact) mass is 513 g/mol. The fourth-order valence-corrected chi connectivity index (χ4v) is 4.73. The van der Waals surface area contributed by atoms with Crippen molar-refractivity contribution in [2.24, 2.45) is 11.8 Å². The minimum atomic E-state index is -0.883. The highest BCUT2D eigenvalue weighted by Gasteiger charge is 2.34. The first-order valence-electron chi connectivity index (χ1n) is 12.8. The number of aliphatic hydroxyl groups is 1. The molecular formula is C28H35NO8. The van der Waals surface area contributed by atoms with Crippen molar-refractivity contribution in [2.45, 2.75) is 84.8 Å². The lowest BCUT2D eigenvalue weighted by Crippen LogP contribution is -2.33. The van der Waals surface area contributed by atoms with Crippen LogP contribution in [0.15, 0.2) is 17.8 Å². The molecule has 0 saturated carbocycles. The molecule has 1 amide bonds. The Morgan fingerprint density at radius 1 is 1.00 bits per heavy atom. The topological polar surface area (TPSA) is 147 Å². The van der Waals surface area contributed by atoms with E-state index in [-0.39, 0.29) is 58.9 Å². The second-order valence-corrected chi connectivity index (χ2v) is 10.1. The molecule has 1 aliphatic carbocycles. The second-order valence-electron chi connectivity index (χ2n) is 10.1. The first-order chi connectivity index (χ1) is 17.4. The van der Waals surface area contributed by atoms with E-state index in [2.05, 4.69) is 5.32 Å². The lowest BCUT2D eigenvalue weighted by atomic mass is 9.83. The van der Waals surface area contributed by atoms with Gasteiger partial charge in [0, 0.05) is 30.0 Å². The molecule has 0 radical (unpaired) electrons. The van der Waals surface area contributed by atoms with Gasteiger partial charge in [0.1, 0.15) is 11.9 Å². The molecule has 200 valence electrons. The van der Waals surface area contributed by atoms with Crippen LogP contribution in [0.2, 0.25) is 0 Å². The summed E-state index contributed by atoms with van der Waals surface area (Å²) < 4.78 is 5.40. The van der Waals surface area contributed by atoms with Crippen LogP contribution in [0.4, 0.5) is 0 Å². The average molecular weight is 514 g/mol. The molecule has 4 bridgehead atoms. The van der Waals surface area contributed by atoms with E-state index in [0.29, 0.717) is 19.3 Å². The van der Waals surface area contributed by atoms with Crippen LogP contribution in [-0.2, 0) is 14.3 Å². The van der Waals surface area contributed by atoms with Gasteiger partial charge in [-0.05, 0) is 57.1 Å². The quantitative estimate of drug-likeness (QED) is 0.483. The number of Topliss-reactive ketones (excluding diaryl/α,β-unsaturated/α-hetero) is 2. The number of rotatable bonds is 1. The average Bonchev–Trinajstić information content (AvgIpc) is 2.85. The zero-order valence-corrected chi connectivity index (χ0v) is 21.8. The number of fused-ring (bicyclic) bond motifs is 15. The van der Waals surface area contributed by atoms with Gasteiger partial charge in [-0.1, -0.05) is 20.3 Å². The standard InChI is InChI=1S/C28H35NO8/c1-5-17-7-9-20(30)16(4)37-28(36)14(2)6-11-23(33)29-19-13-22(32)24-18(27(19)35)12-15(3)26(34)25(24)21(31)10-8-17/h12-14,16-17,20,30,34H,5-11H2,1-4H3,(H,29,33). The van der Waals surface area contributed by atoms with Crippen molar-refractivity contribution >= 4 is 29.2 Å². The number of hydrogen-bond donors (Lipinski definition) is 3. The van der Waals surface area contributed by atoms with Gasteiger partial charge in [-0.3, -0.25) is 24.0 Å². The van der Waals surface area contributed by atoms with Gasteiger partial charge in [0.2, 0.25) is 11.7 Å². The summed E-state index contributed by atoms with van der Waals surface area (Å²) in [6, 6.07) is 1.35. The summed E-state index contributed by atoms with van der Waals surface area (Å²) in [4.78, 5) is 64.5. The van der Waals surface area contributed by atoms with E-state index in [1.807, 2.05) is 6.92 Å². The number of phenolic OH excluding ortho intramolecular Hbond substituents is 1. The summed E-state index contributed by atoms with van der Waals surface area (Å²) in [7, 11) is 0. The molecule has 9 nitrogen and oxygen atoms in total. The maximum atomic E-state index is 13.3. The number of aliphatic hydroxyl groups excluding tert-OH is 1. The van der Waals surface area contributed by atoms with Crippen LogP contribution in [0.25, 0.3) is 0 Å². The number of ether oxygens (including phenoxy) is 1. The van der Waals surface area contributed by atoms with Crippen LogP contribution in [0.1, 0.15) is 102 Å². The Hall–Kier alpha value is -3.33. The molecule has 3 N–H and O–H groups in total. The number of carbonyl (C=O) groups excluding carboxylic acids is 5. The normalized spacial score (nSPS) is 26.4. The van der Waals surface area contributed by atoms with E-state index in [0.717, 1.165) is 12.5 Å². The number of aryl methyl sites for hydroxylation is 1. The predicted molar refractivity (Wildman–Crippen MR) is 134 cm³/mol. The predicted octanol–water partition coefficient (Wildman–Crippen LogP) is 3.57. The number of carbonyl (C=O) groups is 5. The number of phenols is 1. The number of amides is 1. The molecule has 3 aliphatic rings. The largest absolute Gasteiger partial charge is 0.507 e. The SMILES string of the molecule is CCC1CCC(=O)c2c(O)c(C)cc3c2C(=O)C=C(NC(=O)CCC(C)C(=O)OC(C)C(O)CC1)C3=O. The van der Waals surface area contributed by atoms with E-state index >= 15 is 0 Å². The highest BCUT2D eigenvalue weighted by Crippen LogP contribution is 2.35. The molecule has 4 unspecified atom stereocenters. The number of ketones is 3. The van der Waals surface area contributed by atoms with Gasteiger partial charge in [0.15, 0.2) is 11.6 Å². The third-order valence-electron chi connectivity index (χ3n) is 7.33. The molecule has 2 aliphatic heterocycles. The molecule has 2 heterocycles. The lowest BCUT2D eigenvalue weighted by molar-refractivity contribution is -0.158. The van der Waals surface area contributed by atoms with Crippen molar-refractivity contribution in [1.82, 2.24) is 5.32 Å². The fraction of sp³-hybridized carbons (Fsp3) is 0.536. The van der Waals surface area contributed by atoms with Crippen molar-refractivity contribution in [2.75, 3.05) is 0 Å². The summed E-state index contributed by atoms with van der Waals surface area (Å²) in [5.74, 6) is -3.71. The van der Waals surface area contributed by atoms with Crippen LogP contribution < -0.4 is 5.32 Å². The molecule has 37 heavy (non-hydrogen) atoms. The van der Waals surface area contributed by atoms with Gasteiger partial charge in [-0.25, -0.2) is 0 Å². The second kappa shape index (κ2) is 11.8. The van der Waals surface area contributed by atoms with E-state index < -0.39 is 47.4 Å². The van der Waals surface area contributed by atoms with Gasteiger partial charge in [0.05, 0.1) is 23.3 Å². The highest BCUT2D eigenvalue weighted by atomic mass is 16.6. The maximum absolute atomic E-state index is 13.3. The zero-order valence-electron chi connectivity index (χ0n) is 21.8.